The molecule has 0 amide bonds. The van der Waals surface area contributed by atoms with Gasteiger partial charge in [-0.3, -0.25) is 0 Å². The van der Waals surface area contributed by atoms with Gasteiger partial charge in [0.25, 0.3) is 0 Å². The van der Waals surface area contributed by atoms with Crippen LogP contribution in [0.25, 0.3) is 32.8 Å². The number of pyridine rings is 2. The minimum atomic E-state index is 0.382. The van der Waals surface area contributed by atoms with E-state index < -0.39 is 0 Å². The van der Waals surface area contributed by atoms with E-state index >= 15 is 0 Å². The third kappa shape index (κ3) is 4.61. The van der Waals surface area contributed by atoms with Crippen LogP contribution in [-0.4, -0.2) is 41.9 Å². The molecule has 6 nitrogen and oxygen atoms in total. The molecule has 2 aliphatic rings. The van der Waals surface area contributed by atoms with E-state index in [-0.39, 0.29) is 0 Å². The number of aromatic nitrogens is 2. The summed E-state index contributed by atoms with van der Waals surface area (Å²) in [6.07, 6.45) is 1.86. The lowest BCUT2D eigenvalue weighted by Crippen LogP contribution is -2.47. The summed E-state index contributed by atoms with van der Waals surface area (Å²) in [5.41, 5.74) is 7.34. The van der Waals surface area contributed by atoms with Crippen LogP contribution < -0.4 is 9.80 Å². The fourth-order valence-corrected chi connectivity index (χ4v) is 6.73. The van der Waals surface area contributed by atoms with Gasteiger partial charge in [0.15, 0.2) is 0 Å². The molecule has 3 heterocycles. The van der Waals surface area contributed by atoms with Gasteiger partial charge >= 0.3 is 0 Å². The van der Waals surface area contributed by atoms with Crippen molar-refractivity contribution in [3.8, 4) is 11.1 Å². The van der Waals surface area contributed by atoms with Crippen molar-refractivity contribution in [3.05, 3.63) is 130 Å². The van der Waals surface area contributed by atoms with Gasteiger partial charge < -0.3 is 14.6 Å². The number of oxime groups is 1. The Balaban J connectivity index is 1.22. The van der Waals surface area contributed by atoms with E-state index in [1.165, 1.54) is 10.8 Å². The summed E-state index contributed by atoms with van der Waals surface area (Å²) >= 11 is 3.70. The van der Waals surface area contributed by atoms with Crippen molar-refractivity contribution in [1.82, 2.24) is 9.97 Å². The van der Waals surface area contributed by atoms with Gasteiger partial charge in [-0.2, -0.15) is 0 Å². The number of benzene rings is 4. The van der Waals surface area contributed by atoms with Crippen LogP contribution in [0.2, 0.25) is 0 Å². The molecule has 8 rings (SSSR count). The molecule has 0 spiro atoms. The lowest BCUT2D eigenvalue weighted by molar-refractivity contribution is 0.132. The summed E-state index contributed by atoms with van der Waals surface area (Å²) in [7, 11) is 0. The highest BCUT2D eigenvalue weighted by molar-refractivity contribution is 9.10. The highest BCUT2D eigenvalue weighted by Gasteiger charge is 2.34. The predicted molar refractivity (Wildman–Crippen MR) is 178 cm³/mol. The highest BCUT2D eigenvalue weighted by Crippen LogP contribution is 2.46. The average Bonchev–Trinajstić information content (AvgIpc) is 3.40. The zero-order valence-electron chi connectivity index (χ0n) is 23.5. The SMILES string of the molecule is Brc1ccc2nc(N3CCN(c4ccccn4)CC3)c3c(c2c1)-c1ccccc1/C3=N\OCc1cccc2ccccc12. The molecule has 0 N–H and O–H groups in total. The molecule has 6 aromatic rings. The van der Waals surface area contributed by atoms with Gasteiger partial charge in [0.1, 0.15) is 24.0 Å². The minimum Gasteiger partial charge on any atom is -0.390 e. The third-order valence-corrected chi connectivity index (χ3v) is 8.92. The maximum Gasteiger partial charge on any atom is 0.142 e. The maximum absolute atomic E-state index is 6.19. The Bertz CT molecular complexity index is 2010. The van der Waals surface area contributed by atoms with Crippen LogP contribution in [0.4, 0.5) is 11.6 Å². The molecule has 0 radical (unpaired) electrons. The standard InChI is InChI=1S/C36H28BrN5O/c37-26-15-16-31-30(22-26)33-28-12-3-4-13-29(28)35(40-43-23-25-10-7-9-24-8-1-2-11-27(24)25)34(33)36(39-31)42-20-18-41(19-21-42)32-14-5-6-17-38-32/h1-17,22H,18-21,23H2/b40-35+. The van der Waals surface area contributed by atoms with Crippen molar-refractivity contribution >= 4 is 55.0 Å². The Hall–Kier alpha value is -4.75. The van der Waals surface area contributed by atoms with Crippen molar-refractivity contribution < 1.29 is 4.84 Å². The summed E-state index contributed by atoms with van der Waals surface area (Å²) in [6, 6.07) is 35.6. The first-order valence-corrected chi connectivity index (χ1v) is 15.3. The van der Waals surface area contributed by atoms with Gasteiger partial charge in [-0.15, -0.1) is 0 Å². The van der Waals surface area contributed by atoms with Gasteiger partial charge in [0, 0.05) is 53.4 Å². The van der Waals surface area contributed by atoms with Gasteiger partial charge in [0.05, 0.1) is 11.1 Å². The van der Waals surface area contributed by atoms with Crippen LogP contribution in [0, 0.1) is 0 Å². The van der Waals surface area contributed by atoms with E-state index in [9.17, 15) is 0 Å². The van der Waals surface area contributed by atoms with E-state index in [1.54, 1.807) is 0 Å². The quantitative estimate of drug-likeness (QED) is 0.183. The van der Waals surface area contributed by atoms with Gasteiger partial charge in [-0.1, -0.05) is 93.9 Å². The molecule has 0 bridgehead atoms. The molecule has 2 aromatic heterocycles. The van der Waals surface area contributed by atoms with Crippen molar-refractivity contribution in [3.63, 3.8) is 0 Å². The largest absolute Gasteiger partial charge is 0.390 e. The van der Waals surface area contributed by atoms with E-state index in [2.05, 4.69) is 122 Å². The van der Waals surface area contributed by atoms with Gasteiger partial charge in [-0.25, -0.2) is 9.97 Å². The van der Waals surface area contributed by atoms with E-state index in [4.69, 9.17) is 15.0 Å². The normalized spacial score (nSPS) is 15.2. The van der Waals surface area contributed by atoms with Crippen LogP contribution in [0.3, 0.4) is 0 Å². The van der Waals surface area contributed by atoms with Crippen LogP contribution in [0.15, 0.2) is 119 Å². The summed E-state index contributed by atoms with van der Waals surface area (Å²) < 4.78 is 1.02. The Labute approximate surface area is 258 Å². The molecular formula is C36H28BrN5O. The second-order valence-electron chi connectivity index (χ2n) is 10.9. The lowest BCUT2D eigenvalue weighted by Gasteiger charge is -2.37. The van der Waals surface area contributed by atoms with Crippen molar-refractivity contribution in [2.75, 3.05) is 36.0 Å². The number of hydrogen-bond acceptors (Lipinski definition) is 6. The molecule has 1 saturated heterocycles. The number of piperazine rings is 1. The summed E-state index contributed by atoms with van der Waals surface area (Å²) in [5, 5.41) is 8.35. The van der Waals surface area contributed by atoms with Crippen molar-refractivity contribution in [2.24, 2.45) is 5.16 Å². The Morgan fingerprint density at radius 1 is 0.721 bits per heavy atom. The molecule has 4 aromatic carbocycles. The molecule has 0 atom stereocenters. The molecule has 1 aliphatic heterocycles. The third-order valence-electron chi connectivity index (χ3n) is 8.42. The smallest absolute Gasteiger partial charge is 0.142 e. The minimum absolute atomic E-state index is 0.382. The van der Waals surface area contributed by atoms with Crippen LogP contribution >= 0.6 is 15.9 Å². The summed E-state index contributed by atoms with van der Waals surface area (Å²) in [6.45, 7) is 3.77. The Morgan fingerprint density at radius 2 is 1.49 bits per heavy atom. The molecule has 43 heavy (non-hydrogen) atoms. The van der Waals surface area contributed by atoms with E-state index in [0.717, 1.165) is 86.7 Å². The average molecular weight is 627 g/mol. The summed E-state index contributed by atoms with van der Waals surface area (Å²) in [4.78, 5) is 20.8. The molecule has 0 saturated carbocycles. The van der Waals surface area contributed by atoms with Gasteiger partial charge in [0.2, 0.25) is 0 Å². The van der Waals surface area contributed by atoms with Crippen LogP contribution in [0.1, 0.15) is 16.7 Å². The van der Waals surface area contributed by atoms with Crippen LogP contribution in [-0.2, 0) is 11.4 Å². The first kappa shape index (κ1) is 25.9. The molecule has 1 aliphatic carbocycles. The summed E-state index contributed by atoms with van der Waals surface area (Å²) in [5.74, 6) is 1.97. The van der Waals surface area contributed by atoms with Crippen LogP contribution in [0.5, 0.6) is 0 Å². The second-order valence-corrected chi connectivity index (χ2v) is 11.8. The van der Waals surface area contributed by atoms with E-state index in [0.29, 0.717) is 6.61 Å². The molecule has 7 heteroatoms. The van der Waals surface area contributed by atoms with Gasteiger partial charge in [-0.05, 0) is 52.2 Å². The maximum atomic E-state index is 6.19. The van der Waals surface area contributed by atoms with Crippen molar-refractivity contribution in [1.29, 1.82) is 0 Å². The predicted octanol–water partition coefficient (Wildman–Crippen LogP) is 7.82. The lowest BCUT2D eigenvalue weighted by atomic mass is 10.0. The Morgan fingerprint density at radius 3 is 2.35 bits per heavy atom. The number of halogens is 1. The Kier molecular flexibility index (Phi) is 6.52. The monoisotopic (exact) mass is 625 g/mol. The second kappa shape index (κ2) is 10.8. The number of hydrogen-bond donors (Lipinski definition) is 0. The zero-order valence-corrected chi connectivity index (χ0v) is 25.0. The number of anilines is 2. The first-order valence-electron chi connectivity index (χ1n) is 14.6. The number of rotatable bonds is 5. The first-order chi connectivity index (χ1) is 21.2. The molecular weight excluding hydrogens is 598 g/mol. The molecule has 0 unspecified atom stereocenters. The van der Waals surface area contributed by atoms with E-state index in [1.807, 2.05) is 18.3 Å². The zero-order chi connectivity index (χ0) is 28.8. The highest BCUT2D eigenvalue weighted by atomic mass is 79.9. The molecule has 1 fully saturated rings. The number of nitrogens with zero attached hydrogens (tertiary/aromatic N) is 5. The number of fused-ring (bicyclic) bond motifs is 6. The fourth-order valence-electron chi connectivity index (χ4n) is 6.37. The fraction of sp³-hybridized carbons (Fsp3) is 0.139. The molecule has 210 valence electrons. The van der Waals surface area contributed by atoms with Crippen molar-refractivity contribution in [2.45, 2.75) is 6.61 Å². The topological polar surface area (TPSA) is 53.9 Å².